The lowest BCUT2D eigenvalue weighted by atomic mass is 9.86. The van der Waals surface area contributed by atoms with Crippen LogP contribution in [0.3, 0.4) is 0 Å². The molecule has 0 bridgehead atoms. The molecule has 0 aromatic heterocycles. The Kier molecular flexibility index (Phi) is 5.05. The van der Waals surface area contributed by atoms with Gasteiger partial charge in [-0.25, -0.2) is 0 Å². The molecule has 0 saturated heterocycles. The second kappa shape index (κ2) is 6.08. The molecule has 1 aliphatic rings. The number of nitrogens with one attached hydrogen (secondary N) is 1. The van der Waals surface area contributed by atoms with E-state index in [2.05, 4.69) is 10.1 Å². The molecule has 15 heavy (non-hydrogen) atoms. The van der Waals surface area contributed by atoms with Crippen LogP contribution in [-0.2, 0) is 9.53 Å². The SMILES string of the molecule is COC(=O)C(C)NCC1CCCCC1O. The lowest BCUT2D eigenvalue weighted by molar-refractivity contribution is -0.142. The van der Waals surface area contributed by atoms with E-state index in [0.29, 0.717) is 6.54 Å². The fraction of sp³-hybridized carbons (Fsp3) is 0.909. The van der Waals surface area contributed by atoms with E-state index < -0.39 is 0 Å². The zero-order valence-electron chi connectivity index (χ0n) is 9.53. The normalized spacial score (nSPS) is 28.5. The highest BCUT2D eigenvalue weighted by atomic mass is 16.5. The summed E-state index contributed by atoms with van der Waals surface area (Å²) in [6.45, 7) is 2.47. The molecule has 1 aliphatic carbocycles. The molecule has 3 atom stereocenters. The van der Waals surface area contributed by atoms with Gasteiger partial charge in [-0.1, -0.05) is 12.8 Å². The second-order valence-corrected chi connectivity index (χ2v) is 4.26. The van der Waals surface area contributed by atoms with Crippen molar-refractivity contribution in [2.75, 3.05) is 13.7 Å². The van der Waals surface area contributed by atoms with Crippen LogP contribution in [0.5, 0.6) is 0 Å². The molecule has 0 heterocycles. The second-order valence-electron chi connectivity index (χ2n) is 4.26. The van der Waals surface area contributed by atoms with Gasteiger partial charge in [-0.3, -0.25) is 4.79 Å². The molecular formula is C11H21NO3. The Morgan fingerprint density at radius 3 is 2.80 bits per heavy atom. The molecule has 0 aliphatic heterocycles. The largest absolute Gasteiger partial charge is 0.468 e. The molecule has 0 aromatic rings. The summed E-state index contributed by atoms with van der Waals surface area (Å²) < 4.78 is 4.61. The summed E-state index contributed by atoms with van der Waals surface area (Å²) in [5, 5.41) is 12.8. The van der Waals surface area contributed by atoms with E-state index in [1.54, 1.807) is 6.92 Å². The number of aliphatic hydroxyl groups is 1. The van der Waals surface area contributed by atoms with E-state index in [9.17, 15) is 9.90 Å². The summed E-state index contributed by atoms with van der Waals surface area (Å²) in [6, 6.07) is -0.288. The number of hydrogen-bond acceptors (Lipinski definition) is 4. The summed E-state index contributed by atoms with van der Waals surface area (Å²) in [5.41, 5.74) is 0. The van der Waals surface area contributed by atoms with Crippen molar-refractivity contribution >= 4 is 5.97 Å². The number of rotatable bonds is 4. The highest BCUT2D eigenvalue weighted by Crippen LogP contribution is 2.23. The number of aliphatic hydroxyl groups excluding tert-OH is 1. The third-order valence-corrected chi connectivity index (χ3v) is 3.11. The van der Waals surface area contributed by atoms with Gasteiger partial charge in [0.2, 0.25) is 0 Å². The number of carbonyl (C=O) groups excluding carboxylic acids is 1. The maximum Gasteiger partial charge on any atom is 0.322 e. The standard InChI is InChI=1S/C11H21NO3/c1-8(11(14)15-2)12-7-9-5-3-4-6-10(9)13/h8-10,12-13H,3-7H2,1-2H3. The van der Waals surface area contributed by atoms with Gasteiger partial charge in [0.05, 0.1) is 13.2 Å². The van der Waals surface area contributed by atoms with Crippen molar-refractivity contribution in [1.82, 2.24) is 5.32 Å². The van der Waals surface area contributed by atoms with Crippen LogP contribution in [-0.4, -0.2) is 36.9 Å². The van der Waals surface area contributed by atoms with Crippen LogP contribution < -0.4 is 5.32 Å². The van der Waals surface area contributed by atoms with Gasteiger partial charge in [0, 0.05) is 6.54 Å². The van der Waals surface area contributed by atoms with E-state index in [1.165, 1.54) is 13.5 Å². The lowest BCUT2D eigenvalue weighted by Gasteiger charge is -2.28. The molecule has 4 heteroatoms. The predicted molar refractivity (Wildman–Crippen MR) is 57.4 cm³/mol. The van der Waals surface area contributed by atoms with Gasteiger partial charge < -0.3 is 15.2 Å². The molecular weight excluding hydrogens is 194 g/mol. The van der Waals surface area contributed by atoms with Crippen molar-refractivity contribution in [2.24, 2.45) is 5.92 Å². The first-order valence-electron chi connectivity index (χ1n) is 5.64. The van der Waals surface area contributed by atoms with Gasteiger partial charge in [-0.15, -0.1) is 0 Å². The minimum atomic E-state index is -0.288. The third-order valence-electron chi connectivity index (χ3n) is 3.11. The number of carbonyl (C=O) groups is 1. The molecule has 0 aromatic carbocycles. The van der Waals surface area contributed by atoms with Gasteiger partial charge in [-0.2, -0.15) is 0 Å². The highest BCUT2D eigenvalue weighted by molar-refractivity contribution is 5.75. The fourth-order valence-corrected chi connectivity index (χ4v) is 2.01. The Balaban J connectivity index is 2.26. The maximum atomic E-state index is 11.1. The van der Waals surface area contributed by atoms with Gasteiger partial charge >= 0.3 is 5.97 Å². The van der Waals surface area contributed by atoms with E-state index in [4.69, 9.17) is 0 Å². The monoisotopic (exact) mass is 215 g/mol. The predicted octanol–water partition coefficient (Wildman–Crippen LogP) is 0.689. The third kappa shape index (κ3) is 3.80. The molecule has 1 saturated carbocycles. The molecule has 3 unspecified atom stereocenters. The molecule has 0 spiro atoms. The van der Waals surface area contributed by atoms with Crippen LogP contribution in [0.4, 0.5) is 0 Å². The van der Waals surface area contributed by atoms with Crippen molar-refractivity contribution in [1.29, 1.82) is 0 Å². The van der Waals surface area contributed by atoms with Gasteiger partial charge in [0.25, 0.3) is 0 Å². The summed E-state index contributed by atoms with van der Waals surface area (Å²) >= 11 is 0. The molecule has 4 nitrogen and oxygen atoms in total. The Morgan fingerprint density at radius 1 is 1.53 bits per heavy atom. The topological polar surface area (TPSA) is 58.6 Å². The zero-order valence-corrected chi connectivity index (χ0v) is 9.53. The summed E-state index contributed by atoms with van der Waals surface area (Å²) in [5.74, 6) is 0.0335. The summed E-state index contributed by atoms with van der Waals surface area (Å²) in [6.07, 6.45) is 4.01. The van der Waals surface area contributed by atoms with E-state index in [0.717, 1.165) is 19.3 Å². The molecule has 0 amide bonds. The van der Waals surface area contributed by atoms with Gasteiger partial charge in [-0.05, 0) is 25.7 Å². The summed E-state index contributed by atoms with van der Waals surface area (Å²) in [7, 11) is 1.38. The number of ether oxygens (including phenoxy) is 1. The van der Waals surface area contributed by atoms with E-state index >= 15 is 0 Å². The van der Waals surface area contributed by atoms with Crippen LogP contribution in [0.15, 0.2) is 0 Å². The van der Waals surface area contributed by atoms with Gasteiger partial charge in [0.15, 0.2) is 0 Å². The van der Waals surface area contributed by atoms with Crippen molar-refractivity contribution in [3.05, 3.63) is 0 Å². The Morgan fingerprint density at radius 2 is 2.20 bits per heavy atom. The maximum absolute atomic E-state index is 11.1. The highest BCUT2D eigenvalue weighted by Gasteiger charge is 2.24. The molecule has 1 rings (SSSR count). The van der Waals surface area contributed by atoms with Crippen LogP contribution in [0.25, 0.3) is 0 Å². The van der Waals surface area contributed by atoms with Gasteiger partial charge in [0.1, 0.15) is 6.04 Å². The first kappa shape index (κ1) is 12.5. The Labute approximate surface area is 91.0 Å². The van der Waals surface area contributed by atoms with Crippen LogP contribution in [0, 0.1) is 5.92 Å². The molecule has 1 fully saturated rings. The average molecular weight is 215 g/mol. The van der Waals surface area contributed by atoms with Crippen molar-refractivity contribution < 1.29 is 14.6 Å². The van der Waals surface area contributed by atoms with Crippen molar-refractivity contribution in [2.45, 2.75) is 44.8 Å². The Bertz CT molecular complexity index is 208. The number of hydrogen-bond donors (Lipinski definition) is 2. The number of esters is 1. The first-order chi connectivity index (χ1) is 7.15. The molecule has 0 radical (unpaired) electrons. The minimum Gasteiger partial charge on any atom is -0.468 e. The lowest BCUT2D eigenvalue weighted by Crippen LogP contribution is -2.41. The minimum absolute atomic E-state index is 0.212. The van der Waals surface area contributed by atoms with Crippen LogP contribution in [0.2, 0.25) is 0 Å². The Hall–Kier alpha value is -0.610. The summed E-state index contributed by atoms with van der Waals surface area (Å²) in [4.78, 5) is 11.1. The van der Waals surface area contributed by atoms with E-state index in [-0.39, 0.29) is 24.0 Å². The quantitative estimate of drug-likeness (QED) is 0.677. The smallest absolute Gasteiger partial charge is 0.322 e. The van der Waals surface area contributed by atoms with Crippen LogP contribution >= 0.6 is 0 Å². The van der Waals surface area contributed by atoms with Crippen molar-refractivity contribution in [3.63, 3.8) is 0 Å². The zero-order chi connectivity index (χ0) is 11.3. The fourth-order valence-electron chi connectivity index (χ4n) is 2.01. The average Bonchev–Trinajstić information content (AvgIpc) is 2.26. The molecule has 2 N–H and O–H groups in total. The first-order valence-corrected chi connectivity index (χ1v) is 5.64. The van der Waals surface area contributed by atoms with Crippen molar-refractivity contribution in [3.8, 4) is 0 Å². The van der Waals surface area contributed by atoms with Crippen LogP contribution in [0.1, 0.15) is 32.6 Å². The van der Waals surface area contributed by atoms with E-state index in [1.807, 2.05) is 0 Å². The molecule has 88 valence electrons. The number of methoxy groups -OCH3 is 1.